The van der Waals surface area contributed by atoms with Crippen molar-refractivity contribution in [2.24, 2.45) is 0 Å². The van der Waals surface area contributed by atoms with E-state index in [-0.39, 0.29) is 16.5 Å². The van der Waals surface area contributed by atoms with Gasteiger partial charge in [-0.1, -0.05) is 0 Å². The third-order valence-corrected chi connectivity index (χ3v) is 0. The van der Waals surface area contributed by atoms with Crippen molar-refractivity contribution >= 4 is 10.4 Å². The van der Waals surface area contributed by atoms with Crippen molar-refractivity contribution in [2.75, 3.05) is 0 Å². The molecule has 5 nitrogen and oxygen atoms in total. The maximum atomic E-state index is 8.74. The molecule has 0 saturated heterocycles. The Labute approximate surface area is 56.8 Å². The van der Waals surface area contributed by atoms with Crippen LogP contribution in [0.1, 0.15) is 0 Å². The zero-order chi connectivity index (χ0) is 6.50. The van der Waals surface area contributed by atoms with Gasteiger partial charge in [-0.25, -0.2) is 5.26 Å². The summed E-state index contributed by atoms with van der Waals surface area (Å²) in [6, 6.07) is 0. The molecule has 0 aliphatic carbocycles. The van der Waals surface area contributed by atoms with Gasteiger partial charge in [0.1, 0.15) is 0 Å². The molecule has 0 aromatic carbocycles. The smallest absolute Gasteiger partial charge is 0.264 e. The average Bonchev–Trinajstić information content (AvgIpc) is 1.36. The second-order valence-corrected chi connectivity index (χ2v) is 1.34. The van der Waals surface area contributed by atoms with Crippen molar-refractivity contribution in [3.05, 3.63) is 0 Å². The van der Waals surface area contributed by atoms with Crippen LogP contribution in [0.4, 0.5) is 0 Å². The Hall–Kier alpha value is -0.146. The number of nitriles is 1. The van der Waals surface area contributed by atoms with Crippen LogP contribution in [0.2, 0.25) is 0 Å². The zero-order valence-electron chi connectivity index (χ0n) is 3.46. The van der Waals surface area contributed by atoms with Crippen molar-refractivity contribution in [1.29, 1.82) is 5.26 Å². The molecule has 0 aromatic heterocycles. The van der Waals surface area contributed by atoms with Crippen molar-refractivity contribution in [3.8, 4) is 6.57 Å². The summed E-state index contributed by atoms with van der Waals surface area (Å²) in [6.45, 7) is 3.50. The first kappa shape index (κ1) is 15.7. The standard InChI is InChI=1S/CHN.Ni.H2O4S/c1-2;;1-5(2,3)4/h1H;;(H2,1,2,3,4). The summed E-state index contributed by atoms with van der Waals surface area (Å²) in [5, 5.41) is 6.50. The fourth-order valence-electron chi connectivity index (χ4n) is 0. The van der Waals surface area contributed by atoms with E-state index >= 15 is 0 Å². The molecule has 0 atom stereocenters. The predicted molar refractivity (Wildman–Crippen MR) is 20.8 cm³/mol. The third-order valence-electron chi connectivity index (χ3n) is 0. The molecule has 0 amide bonds. The molecule has 0 aliphatic rings. The number of nitrogens with zero attached hydrogens (tertiary/aromatic N) is 1. The van der Waals surface area contributed by atoms with Crippen molar-refractivity contribution in [3.63, 3.8) is 0 Å². The van der Waals surface area contributed by atoms with E-state index in [4.69, 9.17) is 22.8 Å². The summed E-state index contributed by atoms with van der Waals surface area (Å²) in [7, 11) is -4.67. The fourth-order valence-corrected chi connectivity index (χ4v) is 0. The molecule has 0 radical (unpaired) electrons. The van der Waals surface area contributed by atoms with Crippen LogP contribution < -0.4 is 0 Å². The zero-order valence-corrected chi connectivity index (χ0v) is 5.26. The van der Waals surface area contributed by atoms with Gasteiger partial charge in [0.15, 0.2) is 0 Å². The van der Waals surface area contributed by atoms with Crippen molar-refractivity contribution < 1.29 is 34.0 Å². The van der Waals surface area contributed by atoms with E-state index < -0.39 is 10.4 Å². The van der Waals surface area contributed by atoms with Crippen LogP contribution in [0.15, 0.2) is 0 Å². The van der Waals surface area contributed by atoms with Crippen LogP contribution in [-0.2, 0) is 26.9 Å². The number of hydrogen-bond donors (Lipinski definition) is 2. The van der Waals surface area contributed by atoms with Gasteiger partial charge in [-0.3, -0.25) is 9.11 Å². The van der Waals surface area contributed by atoms with E-state index in [2.05, 4.69) is 6.57 Å². The Morgan fingerprint density at radius 1 is 1.25 bits per heavy atom. The minimum atomic E-state index is -4.67. The van der Waals surface area contributed by atoms with Gasteiger partial charge in [0.25, 0.3) is 0 Å². The number of hydrogen-bond acceptors (Lipinski definition) is 3. The molecule has 0 unspecified atom stereocenters. The third kappa shape index (κ3) is 6430. The Morgan fingerprint density at radius 2 is 1.25 bits per heavy atom. The molecule has 0 bridgehead atoms. The molecule has 0 aromatic rings. The SMILES string of the molecule is C#N.O=S(=O)(O)O.[Ni]. The molecule has 7 heteroatoms. The second kappa shape index (κ2) is 6.85. The molecule has 0 spiro atoms. The quantitative estimate of drug-likeness (QED) is 0.389. The summed E-state index contributed by atoms with van der Waals surface area (Å²) in [6.07, 6.45) is 0. The van der Waals surface area contributed by atoms with Crippen molar-refractivity contribution in [1.82, 2.24) is 0 Å². The predicted octanol–water partition coefficient (Wildman–Crippen LogP) is -0.516. The summed E-state index contributed by atoms with van der Waals surface area (Å²) < 4.78 is 31.6. The maximum Gasteiger partial charge on any atom is 0.394 e. The Balaban J connectivity index is -0.0000000750. The molecule has 0 saturated carbocycles. The van der Waals surface area contributed by atoms with Crippen LogP contribution in [0.5, 0.6) is 0 Å². The van der Waals surface area contributed by atoms with Gasteiger partial charge in [-0.2, -0.15) is 8.42 Å². The molecule has 2 N–H and O–H groups in total. The molecule has 0 heterocycles. The normalized spacial score (nSPS) is 7.50. The molecule has 0 rings (SSSR count). The molecule has 0 fully saturated rings. The monoisotopic (exact) mass is 183 g/mol. The summed E-state index contributed by atoms with van der Waals surface area (Å²) in [5.74, 6) is 0. The summed E-state index contributed by atoms with van der Waals surface area (Å²) in [4.78, 5) is 0. The Morgan fingerprint density at radius 3 is 1.25 bits per heavy atom. The van der Waals surface area contributed by atoms with Gasteiger partial charge in [-0.15, -0.1) is 0 Å². The van der Waals surface area contributed by atoms with E-state index in [0.717, 1.165) is 0 Å². The van der Waals surface area contributed by atoms with Crippen LogP contribution >= 0.6 is 0 Å². The van der Waals surface area contributed by atoms with Crippen LogP contribution in [0, 0.1) is 11.8 Å². The summed E-state index contributed by atoms with van der Waals surface area (Å²) in [5.41, 5.74) is 0. The van der Waals surface area contributed by atoms with E-state index in [1.54, 1.807) is 0 Å². The molecular weight excluding hydrogens is 181 g/mol. The van der Waals surface area contributed by atoms with Gasteiger partial charge in [-0.05, 0) is 0 Å². The number of rotatable bonds is 0. The minimum absolute atomic E-state index is 0. The molecular formula is CH3NNiO4S. The average molecular weight is 184 g/mol. The van der Waals surface area contributed by atoms with Crippen LogP contribution in [0.3, 0.4) is 0 Å². The van der Waals surface area contributed by atoms with Gasteiger partial charge in [0.2, 0.25) is 0 Å². The largest absolute Gasteiger partial charge is 0.394 e. The fraction of sp³-hybridized carbons (Fsp3) is 0. The van der Waals surface area contributed by atoms with Gasteiger partial charge >= 0.3 is 10.4 Å². The Bertz CT molecular complexity index is 127. The molecule has 52 valence electrons. The molecule has 0 aliphatic heterocycles. The van der Waals surface area contributed by atoms with Gasteiger partial charge in [0.05, 0.1) is 0 Å². The van der Waals surface area contributed by atoms with Crippen LogP contribution in [0.25, 0.3) is 0 Å². The summed E-state index contributed by atoms with van der Waals surface area (Å²) >= 11 is 0. The minimum Gasteiger partial charge on any atom is -0.264 e. The second-order valence-electron chi connectivity index (χ2n) is 0.448. The van der Waals surface area contributed by atoms with Gasteiger partial charge < -0.3 is 0 Å². The van der Waals surface area contributed by atoms with Gasteiger partial charge in [0, 0.05) is 23.1 Å². The van der Waals surface area contributed by atoms with Crippen LogP contribution in [-0.4, -0.2) is 17.5 Å². The van der Waals surface area contributed by atoms with E-state index in [0.29, 0.717) is 0 Å². The maximum absolute atomic E-state index is 8.74. The Kier molecular flexibility index (Phi) is 13.4. The van der Waals surface area contributed by atoms with E-state index in [1.807, 2.05) is 0 Å². The first-order valence-electron chi connectivity index (χ1n) is 0.957. The van der Waals surface area contributed by atoms with E-state index in [9.17, 15) is 0 Å². The van der Waals surface area contributed by atoms with E-state index in [1.165, 1.54) is 0 Å². The first-order valence-corrected chi connectivity index (χ1v) is 2.35. The topological polar surface area (TPSA) is 98.4 Å². The first-order chi connectivity index (χ1) is 3.00. The molecule has 8 heavy (non-hydrogen) atoms. The van der Waals surface area contributed by atoms with Crippen molar-refractivity contribution in [2.45, 2.75) is 0 Å².